The summed E-state index contributed by atoms with van der Waals surface area (Å²) in [7, 11) is 0. The Bertz CT molecular complexity index is 1870. The van der Waals surface area contributed by atoms with Gasteiger partial charge in [0.25, 0.3) is 6.47 Å². The van der Waals surface area contributed by atoms with Gasteiger partial charge in [0, 0.05) is 28.5 Å². The minimum absolute atomic E-state index is 0.000689. The third-order valence-electron chi connectivity index (χ3n) is 5.41. The second kappa shape index (κ2) is 7.42. The van der Waals surface area contributed by atoms with Crippen LogP contribution >= 0.6 is 11.3 Å². The Morgan fingerprint density at radius 2 is 1.39 bits per heavy atom. The maximum atomic E-state index is 13.4. The highest BCUT2D eigenvalue weighted by atomic mass is 32.1. The SMILES string of the molecule is CC(=O)Oc1ccc2c(=O)c3sc4c(=O)c5cc(COC=O)ccc5c(=O)c4c3c(=O)c2c1. The molecule has 0 unspecified atom stereocenters. The molecule has 5 rings (SSSR count). The first-order chi connectivity index (χ1) is 15.8. The van der Waals surface area contributed by atoms with E-state index in [2.05, 4.69) is 0 Å². The van der Waals surface area contributed by atoms with E-state index < -0.39 is 27.7 Å². The van der Waals surface area contributed by atoms with Gasteiger partial charge in [-0.25, -0.2) is 0 Å². The number of benzene rings is 4. The zero-order chi connectivity index (χ0) is 23.4. The van der Waals surface area contributed by atoms with Crippen LogP contribution in [0.4, 0.5) is 0 Å². The van der Waals surface area contributed by atoms with E-state index in [1.807, 2.05) is 0 Å². The molecule has 0 atom stereocenters. The van der Waals surface area contributed by atoms with Gasteiger partial charge in [-0.05, 0) is 35.9 Å². The summed E-state index contributed by atoms with van der Waals surface area (Å²) >= 11 is 0.814. The van der Waals surface area contributed by atoms with Crippen molar-refractivity contribution in [2.24, 2.45) is 0 Å². The highest BCUT2D eigenvalue weighted by molar-refractivity contribution is 7.25. The second-order valence-corrected chi connectivity index (χ2v) is 8.44. The molecule has 0 amide bonds. The smallest absolute Gasteiger partial charge is 0.308 e. The molecule has 9 heteroatoms. The maximum absolute atomic E-state index is 13.4. The number of ether oxygens (including phenoxy) is 2. The van der Waals surface area contributed by atoms with Gasteiger partial charge >= 0.3 is 5.97 Å². The van der Waals surface area contributed by atoms with E-state index in [1.54, 1.807) is 6.07 Å². The van der Waals surface area contributed by atoms with Crippen LogP contribution in [-0.4, -0.2) is 12.4 Å². The van der Waals surface area contributed by atoms with Gasteiger partial charge in [-0.15, -0.1) is 11.3 Å². The van der Waals surface area contributed by atoms with Gasteiger partial charge < -0.3 is 9.47 Å². The lowest BCUT2D eigenvalue weighted by molar-refractivity contribution is -0.132. The summed E-state index contributed by atoms with van der Waals surface area (Å²) in [6.45, 7) is 1.42. The normalized spacial score (nSPS) is 11.4. The summed E-state index contributed by atoms with van der Waals surface area (Å²) in [5.41, 5.74) is -1.59. The van der Waals surface area contributed by atoms with Crippen LogP contribution in [0.3, 0.4) is 0 Å². The fraction of sp³-hybridized carbons (Fsp3) is 0.0833. The third-order valence-corrected chi connectivity index (χ3v) is 6.60. The van der Waals surface area contributed by atoms with Crippen molar-refractivity contribution in [2.45, 2.75) is 13.5 Å². The Morgan fingerprint density at radius 3 is 2.06 bits per heavy atom. The third kappa shape index (κ3) is 3.05. The molecule has 0 radical (unpaired) electrons. The van der Waals surface area contributed by atoms with Crippen molar-refractivity contribution in [1.82, 2.24) is 0 Å². The summed E-state index contributed by atoms with van der Waals surface area (Å²) < 4.78 is 9.77. The van der Waals surface area contributed by atoms with Gasteiger partial charge in [-0.2, -0.15) is 0 Å². The molecule has 1 aromatic heterocycles. The summed E-state index contributed by atoms with van der Waals surface area (Å²) in [6.07, 6.45) is 0. The average molecular weight is 460 g/mol. The van der Waals surface area contributed by atoms with Gasteiger partial charge in [0.1, 0.15) is 12.4 Å². The van der Waals surface area contributed by atoms with Crippen molar-refractivity contribution in [3.8, 4) is 5.75 Å². The van der Waals surface area contributed by atoms with Crippen LogP contribution in [-0.2, 0) is 20.9 Å². The molecule has 0 aliphatic carbocycles. The molecule has 5 aromatic rings. The van der Waals surface area contributed by atoms with E-state index in [0.29, 0.717) is 5.56 Å². The molecule has 0 aliphatic heterocycles. The van der Waals surface area contributed by atoms with E-state index >= 15 is 0 Å². The zero-order valence-corrected chi connectivity index (χ0v) is 17.7. The standard InChI is InChI=1S/C24H12O8S/c1-10(26)32-12-3-5-14-16(7-12)20(28)18-17-19(27)13-4-2-11(8-31-9-25)6-15(13)22(30)24(17)33-23(18)21(14)29/h2-7,9H,8H2,1H3. The van der Waals surface area contributed by atoms with Crippen LogP contribution in [0.1, 0.15) is 12.5 Å². The van der Waals surface area contributed by atoms with Gasteiger partial charge in [-0.1, -0.05) is 6.07 Å². The summed E-state index contributed by atoms with van der Waals surface area (Å²) in [5, 5.41) is 0.124. The van der Waals surface area contributed by atoms with E-state index in [4.69, 9.17) is 9.47 Å². The highest BCUT2D eigenvalue weighted by Crippen LogP contribution is 2.30. The Labute approximate surface area is 186 Å². The number of hydrogen-bond acceptors (Lipinski definition) is 9. The van der Waals surface area contributed by atoms with Crippen molar-refractivity contribution in [1.29, 1.82) is 0 Å². The molecule has 162 valence electrons. The highest BCUT2D eigenvalue weighted by Gasteiger charge is 2.22. The molecule has 1 heterocycles. The van der Waals surface area contributed by atoms with Gasteiger partial charge in [0.15, 0.2) is 10.9 Å². The lowest BCUT2D eigenvalue weighted by Crippen LogP contribution is -2.15. The van der Waals surface area contributed by atoms with Crippen LogP contribution in [0.25, 0.3) is 41.7 Å². The van der Waals surface area contributed by atoms with Gasteiger partial charge in [0.2, 0.25) is 10.9 Å². The number of hydrogen-bond donors (Lipinski definition) is 0. The fourth-order valence-electron chi connectivity index (χ4n) is 4.03. The van der Waals surface area contributed by atoms with Crippen molar-refractivity contribution >= 4 is 65.5 Å². The minimum Gasteiger partial charge on any atom is -0.463 e. The molecule has 4 aromatic carbocycles. The number of rotatable bonds is 4. The predicted octanol–water partition coefficient (Wildman–Crippen LogP) is 2.28. The Kier molecular flexibility index (Phi) is 4.64. The number of carbonyl (C=O) groups is 2. The first-order valence-electron chi connectivity index (χ1n) is 9.68. The quantitative estimate of drug-likeness (QED) is 0.228. The first kappa shape index (κ1) is 20.7. The Balaban J connectivity index is 1.93. The van der Waals surface area contributed by atoms with Crippen LogP contribution in [0, 0.1) is 0 Å². The molecular formula is C24H12O8S. The largest absolute Gasteiger partial charge is 0.463 e. The molecule has 0 saturated carbocycles. The average Bonchev–Trinajstić information content (AvgIpc) is 3.21. The molecule has 0 bridgehead atoms. The van der Waals surface area contributed by atoms with Crippen molar-refractivity contribution in [2.75, 3.05) is 0 Å². The monoisotopic (exact) mass is 460 g/mol. The second-order valence-electron chi connectivity index (χ2n) is 7.42. The number of esters is 1. The number of thiophene rings is 1. The topological polar surface area (TPSA) is 121 Å². The molecule has 0 fully saturated rings. The lowest BCUT2D eigenvalue weighted by atomic mass is 10.0. The van der Waals surface area contributed by atoms with Crippen molar-refractivity contribution in [3.63, 3.8) is 0 Å². The summed E-state index contributed by atoms with van der Waals surface area (Å²) in [4.78, 5) is 74.8. The van der Waals surface area contributed by atoms with Crippen LogP contribution in [0.15, 0.2) is 55.6 Å². The molecular weight excluding hydrogens is 448 g/mol. The van der Waals surface area contributed by atoms with Crippen molar-refractivity contribution in [3.05, 3.63) is 82.9 Å². The first-order valence-corrected chi connectivity index (χ1v) is 10.5. The molecule has 0 aliphatic rings. The van der Waals surface area contributed by atoms with E-state index in [9.17, 15) is 28.8 Å². The van der Waals surface area contributed by atoms with E-state index in [0.717, 1.165) is 11.3 Å². The minimum atomic E-state index is -0.591. The summed E-state index contributed by atoms with van der Waals surface area (Å²) in [6, 6.07) is 8.52. The van der Waals surface area contributed by atoms with Crippen LogP contribution in [0.5, 0.6) is 5.75 Å². The van der Waals surface area contributed by atoms with E-state index in [-0.39, 0.29) is 60.5 Å². The number of fused-ring (bicyclic) bond motifs is 5. The molecule has 0 N–H and O–H groups in total. The Morgan fingerprint density at radius 1 is 0.818 bits per heavy atom. The molecule has 0 spiro atoms. The fourth-order valence-corrected chi connectivity index (χ4v) is 5.24. The maximum Gasteiger partial charge on any atom is 0.308 e. The molecule has 33 heavy (non-hydrogen) atoms. The van der Waals surface area contributed by atoms with Gasteiger partial charge in [0.05, 0.1) is 20.2 Å². The molecule has 8 nitrogen and oxygen atoms in total. The Hall–Kier alpha value is -4.24. The summed E-state index contributed by atoms with van der Waals surface area (Å²) in [5.74, 6) is -0.499. The lowest BCUT2D eigenvalue weighted by Gasteiger charge is -2.03. The predicted molar refractivity (Wildman–Crippen MR) is 124 cm³/mol. The van der Waals surface area contributed by atoms with Crippen LogP contribution in [0.2, 0.25) is 0 Å². The van der Waals surface area contributed by atoms with E-state index in [1.165, 1.54) is 37.3 Å². The number of carbonyl (C=O) groups excluding carboxylic acids is 2. The van der Waals surface area contributed by atoms with Crippen molar-refractivity contribution < 1.29 is 19.1 Å². The van der Waals surface area contributed by atoms with Crippen LogP contribution < -0.4 is 26.5 Å². The van der Waals surface area contributed by atoms with Gasteiger partial charge in [-0.3, -0.25) is 28.8 Å². The zero-order valence-electron chi connectivity index (χ0n) is 16.9. The molecule has 0 saturated heterocycles.